The van der Waals surface area contributed by atoms with Crippen molar-refractivity contribution in [1.82, 2.24) is 9.88 Å². The van der Waals surface area contributed by atoms with Crippen LogP contribution in [0, 0.1) is 0 Å². The van der Waals surface area contributed by atoms with Crippen molar-refractivity contribution >= 4 is 0 Å². The van der Waals surface area contributed by atoms with Crippen LogP contribution in [0.15, 0.2) is 42.6 Å². The average Bonchev–Trinajstić information content (AvgIpc) is 3.08. The third-order valence-electron chi connectivity index (χ3n) is 4.34. The fourth-order valence-electron chi connectivity index (χ4n) is 3.11. The van der Waals surface area contributed by atoms with Crippen molar-refractivity contribution in [2.24, 2.45) is 0 Å². The molecule has 0 saturated carbocycles. The molecule has 0 bridgehead atoms. The van der Waals surface area contributed by atoms with Crippen molar-refractivity contribution in [3.63, 3.8) is 0 Å². The molecule has 0 unspecified atom stereocenters. The van der Waals surface area contributed by atoms with E-state index in [1.807, 2.05) is 12.1 Å². The first-order valence-electron chi connectivity index (χ1n) is 7.94. The van der Waals surface area contributed by atoms with Crippen molar-refractivity contribution in [3.05, 3.63) is 53.7 Å². The maximum Gasteiger partial charge on any atom is 0.257 e. The van der Waals surface area contributed by atoms with E-state index in [0.29, 0.717) is 12.5 Å². The summed E-state index contributed by atoms with van der Waals surface area (Å²) in [5.41, 5.74) is 2.50. The van der Waals surface area contributed by atoms with Gasteiger partial charge in [0, 0.05) is 12.7 Å². The van der Waals surface area contributed by atoms with Crippen LogP contribution in [-0.4, -0.2) is 29.6 Å². The summed E-state index contributed by atoms with van der Waals surface area (Å²) >= 11 is 0. The van der Waals surface area contributed by atoms with Gasteiger partial charge >= 0.3 is 0 Å². The Morgan fingerprint density at radius 1 is 1.09 bits per heavy atom. The lowest BCUT2D eigenvalue weighted by Crippen LogP contribution is -2.22. The van der Waals surface area contributed by atoms with E-state index in [1.165, 1.54) is 31.5 Å². The molecule has 0 radical (unpaired) electrons. The summed E-state index contributed by atoms with van der Waals surface area (Å²) in [6, 6.07) is 12.4. The topological polar surface area (TPSA) is 34.6 Å². The van der Waals surface area contributed by atoms with E-state index >= 15 is 0 Å². The normalized spacial score (nSPS) is 20.1. The molecule has 2 aromatic rings. The molecule has 3 heterocycles. The van der Waals surface area contributed by atoms with Gasteiger partial charge in [-0.05, 0) is 49.2 Å². The maximum absolute atomic E-state index is 5.94. The molecule has 1 aromatic carbocycles. The first kappa shape index (κ1) is 15.8. The number of ether oxygens (including phenoxy) is 2. The molecule has 23 heavy (non-hydrogen) atoms. The molecular weight excluding hydrogens is 288 g/mol. The van der Waals surface area contributed by atoms with Crippen LogP contribution in [0.3, 0.4) is 0 Å². The zero-order valence-corrected chi connectivity index (χ0v) is 12.6. The van der Waals surface area contributed by atoms with E-state index in [0.717, 1.165) is 17.9 Å². The Bertz CT molecular complexity index is 636. The van der Waals surface area contributed by atoms with Crippen molar-refractivity contribution in [1.29, 1.82) is 0 Å². The first-order valence-corrected chi connectivity index (χ1v) is 7.94. The third kappa shape index (κ3) is 3.48. The Morgan fingerprint density at radius 2 is 1.87 bits per heavy atom. The Hall–Kier alpha value is -2.07. The van der Waals surface area contributed by atoms with Gasteiger partial charge in [-0.25, -0.2) is 4.98 Å². The monoisotopic (exact) mass is 312 g/mol. The molecule has 4 heteroatoms. The van der Waals surface area contributed by atoms with Gasteiger partial charge in [-0.3, -0.25) is 4.90 Å². The Labute approximate surface area is 138 Å². The molecule has 0 amide bonds. The van der Waals surface area contributed by atoms with Crippen LogP contribution in [0.2, 0.25) is 0 Å². The molecule has 1 saturated heterocycles. The quantitative estimate of drug-likeness (QED) is 0.863. The predicted molar refractivity (Wildman–Crippen MR) is 90.8 cm³/mol. The van der Waals surface area contributed by atoms with Gasteiger partial charge in [0.2, 0.25) is 0 Å². The Kier molecular flexibility index (Phi) is 4.82. The minimum Gasteiger partial charge on any atom is -0.484 e. The highest BCUT2D eigenvalue weighted by Gasteiger charge is 2.23. The van der Waals surface area contributed by atoms with Crippen LogP contribution >= 0.6 is 0 Å². The summed E-state index contributed by atoms with van der Waals surface area (Å²) in [7, 11) is 0. The molecule has 1 aromatic heterocycles. The number of fused-ring (bicyclic) bond motifs is 1. The largest absolute Gasteiger partial charge is 0.484 e. The second-order valence-corrected chi connectivity index (χ2v) is 5.95. The molecule has 2 aliphatic heterocycles. The van der Waals surface area contributed by atoms with Crippen LogP contribution in [-0.2, 0) is 6.54 Å². The number of benzene rings is 1. The Balaban J connectivity index is 0.00000156. The smallest absolute Gasteiger partial charge is 0.257 e. The van der Waals surface area contributed by atoms with E-state index in [1.54, 1.807) is 6.20 Å². The van der Waals surface area contributed by atoms with E-state index in [4.69, 9.17) is 9.47 Å². The van der Waals surface area contributed by atoms with Crippen molar-refractivity contribution in [2.45, 2.75) is 32.9 Å². The summed E-state index contributed by atoms with van der Waals surface area (Å²) < 4.78 is 11.7. The van der Waals surface area contributed by atoms with Crippen LogP contribution < -0.4 is 9.47 Å². The van der Waals surface area contributed by atoms with E-state index in [-0.39, 0.29) is 13.5 Å². The van der Waals surface area contributed by atoms with E-state index < -0.39 is 0 Å². The minimum atomic E-state index is -0.0803. The highest BCUT2D eigenvalue weighted by Crippen LogP contribution is 2.33. The minimum absolute atomic E-state index is 0. The second-order valence-electron chi connectivity index (χ2n) is 5.95. The van der Waals surface area contributed by atoms with Gasteiger partial charge in [-0.1, -0.05) is 31.7 Å². The third-order valence-corrected chi connectivity index (χ3v) is 4.34. The number of aromatic nitrogens is 1. The van der Waals surface area contributed by atoms with Gasteiger partial charge in [0.25, 0.3) is 5.88 Å². The van der Waals surface area contributed by atoms with Crippen LogP contribution in [0.5, 0.6) is 11.6 Å². The number of nitrogens with zero attached hydrogens (tertiary/aromatic N) is 2. The first-order chi connectivity index (χ1) is 10.9. The molecule has 1 atom stereocenters. The fraction of sp³-hybridized carbons (Fsp3) is 0.421. The van der Waals surface area contributed by atoms with Gasteiger partial charge in [0.05, 0.1) is 0 Å². The van der Waals surface area contributed by atoms with Gasteiger partial charge < -0.3 is 9.47 Å². The second kappa shape index (κ2) is 7.01. The maximum atomic E-state index is 5.94. The van der Waals surface area contributed by atoms with Gasteiger partial charge in [-0.2, -0.15) is 0 Å². The number of hydrogen-bond acceptors (Lipinski definition) is 4. The van der Waals surface area contributed by atoms with Crippen molar-refractivity contribution in [3.8, 4) is 11.6 Å². The highest BCUT2D eigenvalue weighted by atomic mass is 16.6. The number of rotatable bonds is 3. The summed E-state index contributed by atoms with van der Waals surface area (Å²) in [6.07, 6.45) is 4.31. The zero-order valence-electron chi connectivity index (χ0n) is 12.6. The molecule has 0 N–H and O–H groups in total. The van der Waals surface area contributed by atoms with Crippen LogP contribution in [0.4, 0.5) is 0 Å². The molecule has 4 rings (SSSR count). The SMILES string of the molecule is C.c1cnc2c(c1)OC[C@H](c1ccc(CN3CCCC3)cc1)O2. The molecule has 4 nitrogen and oxygen atoms in total. The van der Waals surface area contributed by atoms with Crippen molar-refractivity contribution < 1.29 is 9.47 Å². The predicted octanol–water partition coefficient (Wildman–Crippen LogP) is 3.83. The standard InChI is InChI=1S/C18H20N2O2.CH4/c1-2-11-20(10-1)12-14-5-7-15(8-6-14)17-13-21-16-4-3-9-19-18(16)22-17;/h3-9,17H,1-2,10-13H2;1H4/t17-;/m1./s1. The van der Waals surface area contributed by atoms with Crippen LogP contribution in [0.1, 0.15) is 37.5 Å². The molecular formula is C19H24N2O2. The van der Waals surface area contributed by atoms with Gasteiger partial charge in [-0.15, -0.1) is 0 Å². The molecule has 2 aliphatic rings. The summed E-state index contributed by atoms with van der Waals surface area (Å²) in [5, 5.41) is 0. The lowest BCUT2D eigenvalue weighted by atomic mass is 10.1. The number of pyridine rings is 1. The molecule has 122 valence electrons. The lowest BCUT2D eigenvalue weighted by Gasteiger charge is -2.25. The average molecular weight is 312 g/mol. The van der Waals surface area contributed by atoms with Gasteiger partial charge in [0.1, 0.15) is 6.61 Å². The fourth-order valence-corrected chi connectivity index (χ4v) is 3.11. The van der Waals surface area contributed by atoms with Crippen molar-refractivity contribution in [2.75, 3.05) is 19.7 Å². The molecule has 0 aliphatic carbocycles. The van der Waals surface area contributed by atoms with Crippen LogP contribution in [0.25, 0.3) is 0 Å². The lowest BCUT2D eigenvalue weighted by molar-refractivity contribution is 0.0851. The summed E-state index contributed by atoms with van der Waals surface area (Å²) in [4.78, 5) is 6.74. The summed E-state index contributed by atoms with van der Waals surface area (Å²) in [6.45, 7) is 4.03. The van der Waals surface area contributed by atoms with E-state index in [9.17, 15) is 0 Å². The number of hydrogen-bond donors (Lipinski definition) is 0. The molecule has 0 spiro atoms. The number of likely N-dealkylation sites (tertiary alicyclic amines) is 1. The van der Waals surface area contributed by atoms with Gasteiger partial charge in [0.15, 0.2) is 11.9 Å². The Morgan fingerprint density at radius 3 is 2.65 bits per heavy atom. The van der Waals surface area contributed by atoms with E-state index in [2.05, 4.69) is 34.1 Å². The zero-order chi connectivity index (χ0) is 14.8. The molecule has 1 fully saturated rings. The highest BCUT2D eigenvalue weighted by molar-refractivity contribution is 5.35. The summed E-state index contributed by atoms with van der Waals surface area (Å²) in [5.74, 6) is 1.31.